The summed E-state index contributed by atoms with van der Waals surface area (Å²) in [6.45, 7) is -0.931. The van der Waals surface area contributed by atoms with E-state index in [1.807, 2.05) is 0 Å². The second-order valence-electron chi connectivity index (χ2n) is 5.76. The van der Waals surface area contributed by atoms with Crippen LogP contribution in [0.15, 0.2) is 11.1 Å². The van der Waals surface area contributed by atoms with Crippen molar-refractivity contribution in [1.29, 1.82) is 0 Å². The highest BCUT2D eigenvalue weighted by Gasteiger charge is 2.92. The maximum Gasteiger partial charge on any atom is 0.438 e. The maximum absolute atomic E-state index is 14.0. The lowest BCUT2D eigenvalue weighted by atomic mass is 9.78. The van der Waals surface area contributed by atoms with E-state index in [0.29, 0.717) is 0 Å². The molecule has 190 valence electrons. The number of alkyl halides is 18. The summed E-state index contributed by atoms with van der Waals surface area (Å²) >= 11 is 0. The molecule has 0 saturated heterocycles. The van der Waals surface area contributed by atoms with E-state index in [1.54, 1.807) is 0 Å². The molecule has 0 amide bonds. The standard InChI is InChI=1S/C12H4F18O2/c1-2(4(31)32)3(5(13,14)7(17,9(19,20)21)10(22,23)24)6(15,16)8(18,11(25,26)27)12(28,29)30/h1H3,(H,31,32). The zero-order valence-corrected chi connectivity index (χ0v) is 14.2. The SMILES string of the molecule is CC(C(=O)O)=C(C(F)(F)C(F)(C(F)(F)F)C(F)(F)F)C(F)(F)C(F)(C(F)(F)F)C(F)(F)F. The van der Waals surface area contributed by atoms with E-state index in [0.717, 1.165) is 0 Å². The molecule has 0 spiro atoms. The van der Waals surface area contributed by atoms with Crippen LogP contribution in [0.1, 0.15) is 6.92 Å². The fourth-order valence-electron chi connectivity index (χ4n) is 2.15. The Balaban J connectivity index is 7.95. The van der Waals surface area contributed by atoms with Crippen molar-refractivity contribution in [2.45, 2.75) is 54.8 Å². The van der Waals surface area contributed by atoms with Crippen LogP contribution in [-0.2, 0) is 4.79 Å². The highest BCUT2D eigenvalue weighted by atomic mass is 19.4. The van der Waals surface area contributed by atoms with Crippen LogP contribution in [0.3, 0.4) is 0 Å². The lowest BCUT2D eigenvalue weighted by Crippen LogP contribution is -2.71. The predicted octanol–water partition coefficient (Wildman–Crippen LogP) is 6.32. The quantitative estimate of drug-likeness (QED) is 0.339. The molecular weight excluding hydrogens is 518 g/mol. The molecule has 32 heavy (non-hydrogen) atoms. The van der Waals surface area contributed by atoms with Gasteiger partial charge in [0.05, 0.1) is 5.57 Å². The molecule has 2 nitrogen and oxygen atoms in total. The molecule has 0 radical (unpaired) electrons. The summed E-state index contributed by atoms with van der Waals surface area (Å²) in [6.07, 6.45) is -32.4. The molecule has 0 fully saturated rings. The number of halogens is 18. The molecule has 0 heterocycles. The van der Waals surface area contributed by atoms with Gasteiger partial charge in [0, 0.05) is 5.57 Å². The zero-order valence-electron chi connectivity index (χ0n) is 14.2. The van der Waals surface area contributed by atoms with Crippen LogP contribution in [0.4, 0.5) is 79.0 Å². The van der Waals surface area contributed by atoms with Crippen LogP contribution in [0.25, 0.3) is 0 Å². The number of carbonyl (C=O) groups is 1. The van der Waals surface area contributed by atoms with Crippen molar-refractivity contribution in [3.05, 3.63) is 11.1 Å². The first-order valence-corrected chi connectivity index (χ1v) is 6.83. The van der Waals surface area contributed by atoms with Crippen LogP contribution in [-0.4, -0.2) is 59.0 Å². The summed E-state index contributed by atoms with van der Waals surface area (Å²) in [5.41, 5.74) is -25.5. The lowest BCUT2D eigenvalue weighted by molar-refractivity contribution is -0.408. The Bertz CT molecular complexity index is 681. The van der Waals surface area contributed by atoms with Gasteiger partial charge in [-0.3, -0.25) is 0 Å². The van der Waals surface area contributed by atoms with Gasteiger partial charge in [-0.15, -0.1) is 0 Å². The van der Waals surface area contributed by atoms with Crippen molar-refractivity contribution >= 4 is 5.97 Å². The molecule has 0 aromatic heterocycles. The first-order chi connectivity index (χ1) is 13.5. The fraction of sp³-hybridized carbons (Fsp3) is 0.750. The Morgan fingerprint density at radius 2 is 0.688 bits per heavy atom. The van der Waals surface area contributed by atoms with Gasteiger partial charge in [0.1, 0.15) is 0 Å². The van der Waals surface area contributed by atoms with Gasteiger partial charge in [-0.1, -0.05) is 0 Å². The van der Waals surface area contributed by atoms with E-state index in [-0.39, 0.29) is 0 Å². The molecule has 0 bridgehead atoms. The smallest absolute Gasteiger partial charge is 0.438 e. The van der Waals surface area contributed by atoms with E-state index in [9.17, 15) is 83.8 Å². The van der Waals surface area contributed by atoms with E-state index >= 15 is 0 Å². The monoisotopic (exact) mass is 522 g/mol. The molecule has 0 saturated carbocycles. The highest BCUT2D eigenvalue weighted by Crippen LogP contribution is 2.64. The van der Waals surface area contributed by atoms with E-state index < -0.39 is 71.9 Å². The normalized spacial score (nSPS) is 15.6. The summed E-state index contributed by atoms with van der Waals surface area (Å²) < 4.78 is 234. The van der Waals surface area contributed by atoms with Crippen LogP contribution < -0.4 is 0 Å². The van der Waals surface area contributed by atoms with Gasteiger partial charge in [0.25, 0.3) is 0 Å². The highest BCUT2D eigenvalue weighted by molar-refractivity contribution is 5.87. The number of aliphatic carboxylic acids is 1. The molecule has 0 aliphatic heterocycles. The lowest BCUT2D eigenvalue weighted by Gasteiger charge is -2.43. The molecule has 0 aliphatic carbocycles. The second kappa shape index (κ2) is 7.49. The predicted molar refractivity (Wildman–Crippen MR) is 62.1 cm³/mol. The van der Waals surface area contributed by atoms with Crippen LogP contribution in [0.5, 0.6) is 0 Å². The Kier molecular flexibility index (Phi) is 7.01. The fourth-order valence-corrected chi connectivity index (χ4v) is 2.15. The van der Waals surface area contributed by atoms with Crippen LogP contribution in [0.2, 0.25) is 0 Å². The molecule has 0 aliphatic rings. The molecular formula is C12H4F18O2. The van der Waals surface area contributed by atoms with Gasteiger partial charge in [-0.25, -0.2) is 13.6 Å². The number of hydrogen-bond acceptors (Lipinski definition) is 1. The Morgan fingerprint density at radius 1 is 0.500 bits per heavy atom. The first kappa shape index (κ1) is 29.9. The van der Waals surface area contributed by atoms with Crippen molar-refractivity contribution in [3.8, 4) is 0 Å². The van der Waals surface area contributed by atoms with E-state index in [1.165, 1.54) is 0 Å². The number of rotatable bonds is 5. The number of allylic oxidation sites excluding steroid dienone is 1. The minimum atomic E-state index is -8.40. The molecule has 0 rings (SSSR count). The average Bonchev–Trinajstić information content (AvgIpc) is 2.47. The van der Waals surface area contributed by atoms with Crippen molar-refractivity contribution in [2.75, 3.05) is 0 Å². The number of carboxylic acids is 1. The summed E-state index contributed by atoms with van der Waals surface area (Å²) in [7, 11) is 0. The van der Waals surface area contributed by atoms with Gasteiger partial charge in [0.15, 0.2) is 0 Å². The van der Waals surface area contributed by atoms with E-state index in [4.69, 9.17) is 5.11 Å². The minimum Gasteiger partial charge on any atom is -0.478 e. The second-order valence-corrected chi connectivity index (χ2v) is 5.76. The Hall–Kier alpha value is -2.05. The topological polar surface area (TPSA) is 37.3 Å². The molecule has 0 aromatic rings. The van der Waals surface area contributed by atoms with Gasteiger partial charge < -0.3 is 5.11 Å². The van der Waals surface area contributed by atoms with Gasteiger partial charge in [-0.2, -0.15) is 70.2 Å². The Morgan fingerprint density at radius 3 is 0.812 bits per heavy atom. The first-order valence-electron chi connectivity index (χ1n) is 6.83. The maximum atomic E-state index is 14.0. The molecule has 0 unspecified atom stereocenters. The zero-order chi connectivity index (χ0) is 26.7. The third kappa shape index (κ3) is 3.92. The molecule has 20 heteroatoms. The molecule has 1 N–H and O–H groups in total. The third-order valence-electron chi connectivity index (χ3n) is 3.75. The van der Waals surface area contributed by atoms with Gasteiger partial charge in [-0.05, 0) is 6.92 Å². The molecule has 0 atom stereocenters. The number of carboxylic acid groups (broad SMARTS) is 1. The van der Waals surface area contributed by atoms with Crippen molar-refractivity contribution in [2.24, 2.45) is 0 Å². The summed E-state index contributed by atoms with van der Waals surface area (Å²) in [5, 5.41) is 8.33. The van der Waals surface area contributed by atoms with Gasteiger partial charge >= 0.3 is 53.9 Å². The largest absolute Gasteiger partial charge is 0.478 e. The average molecular weight is 522 g/mol. The molecule has 0 aromatic carbocycles. The van der Waals surface area contributed by atoms with Crippen LogP contribution >= 0.6 is 0 Å². The van der Waals surface area contributed by atoms with Crippen molar-refractivity contribution in [3.63, 3.8) is 0 Å². The van der Waals surface area contributed by atoms with Crippen molar-refractivity contribution < 1.29 is 88.9 Å². The van der Waals surface area contributed by atoms with Crippen molar-refractivity contribution in [1.82, 2.24) is 0 Å². The third-order valence-corrected chi connectivity index (χ3v) is 3.75. The summed E-state index contributed by atoms with van der Waals surface area (Å²) in [6, 6.07) is 0. The van der Waals surface area contributed by atoms with E-state index in [2.05, 4.69) is 0 Å². The Labute approximate surface area is 162 Å². The number of hydrogen-bond donors (Lipinski definition) is 1. The summed E-state index contributed by atoms with van der Waals surface area (Å²) in [4.78, 5) is 10.6. The minimum absolute atomic E-state index is 0.931. The van der Waals surface area contributed by atoms with Crippen LogP contribution in [0, 0.1) is 0 Å². The summed E-state index contributed by atoms with van der Waals surface area (Å²) in [5.74, 6) is -20.1. The van der Waals surface area contributed by atoms with Gasteiger partial charge in [0.2, 0.25) is 0 Å².